The summed E-state index contributed by atoms with van der Waals surface area (Å²) in [5.74, 6) is 0.000923. The van der Waals surface area contributed by atoms with Gasteiger partial charge in [0, 0.05) is 17.9 Å². The molecule has 1 rings (SSSR count). The van der Waals surface area contributed by atoms with E-state index in [1.807, 2.05) is 32.0 Å². The van der Waals surface area contributed by atoms with Crippen molar-refractivity contribution in [2.24, 2.45) is 0 Å². The number of carbonyl (C=O) groups is 1. The van der Waals surface area contributed by atoms with Crippen LogP contribution < -0.4 is 16.4 Å². The summed E-state index contributed by atoms with van der Waals surface area (Å²) in [5, 5.41) is 5.83. The van der Waals surface area contributed by atoms with Gasteiger partial charge in [-0.25, -0.2) is 0 Å². The highest BCUT2D eigenvalue weighted by molar-refractivity contribution is 5.80. The van der Waals surface area contributed by atoms with Crippen LogP contribution in [0.5, 0.6) is 0 Å². The van der Waals surface area contributed by atoms with Gasteiger partial charge < -0.3 is 16.4 Å². The molecule has 0 saturated heterocycles. The van der Waals surface area contributed by atoms with Crippen LogP contribution in [0.3, 0.4) is 0 Å². The molecule has 0 heterocycles. The Morgan fingerprint density at radius 1 is 1.44 bits per heavy atom. The Kier molecular flexibility index (Phi) is 4.64. The van der Waals surface area contributed by atoms with Crippen molar-refractivity contribution < 1.29 is 4.79 Å². The summed E-state index contributed by atoms with van der Waals surface area (Å²) in [5.41, 5.74) is 8.41. The van der Waals surface area contributed by atoms with Gasteiger partial charge in [0.25, 0.3) is 0 Å². The predicted molar refractivity (Wildman–Crippen MR) is 67.4 cm³/mol. The van der Waals surface area contributed by atoms with Gasteiger partial charge >= 0.3 is 0 Å². The van der Waals surface area contributed by atoms with Crippen molar-refractivity contribution in [3.8, 4) is 0 Å². The second-order valence-corrected chi connectivity index (χ2v) is 3.77. The maximum absolute atomic E-state index is 11.3. The molecule has 0 spiro atoms. The molecule has 0 aliphatic heterocycles. The van der Waals surface area contributed by atoms with Crippen molar-refractivity contribution in [3.63, 3.8) is 0 Å². The Morgan fingerprint density at radius 2 is 2.19 bits per heavy atom. The van der Waals surface area contributed by atoms with E-state index in [9.17, 15) is 4.79 Å². The predicted octanol–water partition coefficient (Wildman–Crippen LogP) is 1.52. The van der Waals surface area contributed by atoms with E-state index in [1.54, 1.807) is 0 Å². The maximum atomic E-state index is 11.3. The highest BCUT2D eigenvalue weighted by Gasteiger charge is 2.00. The van der Waals surface area contributed by atoms with Crippen molar-refractivity contribution in [2.75, 3.05) is 24.1 Å². The Morgan fingerprint density at radius 3 is 2.81 bits per heavy atom. The van der Waals surface area contributed by atoms with E-state index >= 15 is 0 Å². The molecular weight excluding hydrogens is 202 g/mol. The number of benzene rings is 1. The van der Waals surface area contributed by atoms with Crippen LogP contribution in [0.1, 0.15) is 18.9 Å². The lowest BCUT2D eigenvalue weighted by molar-refractivity contribution is -0.119. The quantitative estimate of drug-likeness (QED) is 0.660. The van der Waals surface area contributed by atoms with Gasteiger partial charge in [0.2, 0.25) is 5.91 Å². The number of anilines is 2. The van der Waals surface area contributed by atoms with Crippen molar-refractivity contribution in [1.82, 2.24) is 5.32 Å². The van der Waals surface area contributed by atoms with Crippen molar-refractivity contribution in [3.05, 3.63) is 23.8 Å². The first-order chi connectivity index (χ1) is 7.63. The maximum Gasteiger partial charge on any atom is 0.239 e. The van der Waals surface area contributed by atoms with Crippen molar-refractivity contribution in [2.45, 2.75) is 20.3 Å². The summed E-state index contributed by atoms with van der Waals surface area (Å²) in [6.45, 7) is 4.97. The average Bonchev–Trinajstić information content (AvgIpc) is 2.28. The molecule has 0 atom stereocenters. The first-order valence-electron chi connectivity index (χ1n) is 5.50. The van der Waals surface area contributed by atoms with E-state index in [2.05, 4.69) is 10.6 Å². The summed E-state index contributed by atoms with van der Waals surface area (Å²) in [4.78, 5) is 11.3. The smallest absolute Gasteiger partial charge is 0.239 e. The fourth-order valence-corrected chi connectivity index (χ4v) is 1.26. The molecule has 0 bridgehead atoms. The number of nitrogens with one attached hydrogen (secondary N) is 2. The lowest BCUT2D eigenvalue weighted by Gasteiger charge is -2.08. The molecule has 1 amide bonds. The molecule has 4 heteroatoms. The van der Waals surface area contributed by atoms with Crippen molar-refractivity contribution >= 4 is 17.3 Å². The summed E-state index contributed by atoms with van der Waals surface area (Å²) in [6, 6.07) is 5.68. The second-order valence-electron chi connectivity index (χ2n) is 3.77. The number of nitrogen functional groups attached to an aromatic ring is 1. The molecule has 0 saturated carbocycles. The summed E-state index contributed by atoms with van der Waals surface area (Å²) >= 11 is 0. The number of carbonyl (C=O) groups excluding carboxylic acids is 1. The van der Waals surface area contributed by atoms with Gasteiger partial charge in [0.15, 0.2) is 0 Å². The highest BCUT2D eigenvalue weighted by Crippen LogP contribution is 2.16. The molecule has 4 N–H and O–H groups in total. The topological polar surface area (TPSA) is 67.2 Å². The molecule has 0 aromatic heterocycles. The largest absolute Gasteiger partial charge is 0.398 e. The number of amides is 1. The molecular formula is C12H19N3O. The van der Waals surface area contributed by atoms with Crippen LogP contribution in [-0.2, 0) is 4.79 Å². The zero-order chi connectivity index (χ0) is 12.0. The summed E-state index contributed by atoms with van der Waals surface area (Å²) < 4.78 is 0. The van der Waals surface area contributed by atoms with Crippen LogP contribution in [-0.4, -0.2) is 19.0 Å². The van der Waals surface area contributed by atoms with Crippen LogP contribution in [0, 0.1) is 6.92 Å². The minimum absolute atomic E-state index is 0.000923. The molecule has 0 aliphatic carbocycles. The lowest BCUT2D eigenvalue weighted by atomic mass is 10.2. The van der Waals surface area contributed by atoms with Crippen LogP contribution in [0.4, 0.5) is 11.4 Å². The van der Waals surface area contributed by atoms with E-state index in [0.717, 1.165) is 29.9 Å². The molecule has 88 valence electrons. The number of nitrogens with two attached hydrogens (primary N) is 1. The molecule has 0 unspecified atom stereocenters. The van der Waals surface area contributed by atoms with Gasteiger partial charge in [-0.2, -0.15) is 0 Å². The fourth-order valence-electron chi connectivity index (χ4n) is 1.26. The van der Waals surface area contributed by atoms with E-state index < -0.39 is 0 Å². The third kappa shape index (κ3) is 3.81. The SMILES string of the molecule is CCCNC(=O)CNc1ccc(C)c(N)c1. The Balaban J connectivity index is 2.42. The Bertz CT molecular complexity index is 363. The number of aryl methyl sites for hydroxylation is 1. The van der Waals surface area contributed by atoms with Gasteiger partial charge in [-0.05, 0) is 31.0 Å². The Hall–Kier alpha value is -1.71. The molecule has 0 fully saturated rings. The summed E-state index contributed by atoms with van der Waals surface area (Å²) in [6.07, 6.45) is 0.948. The molecule has 4 nitrogen and oxygen atoms in total. The second kappa shape index (κ2) is 6.00. The third-order valence-corrected chi connectivity index (χ3v) is 2.30. The van der Waals surface area contributed by atoms with Crippen LogP contribution >= 0.6 is 0 Å². The van der Waals surface area contributed by atoms with Gasteiger partial charge in [0.1, 0.15) is 0 Å². The van der Waals surface area contributed by atoms with Gasteiger partial charge in [-0.3, -0.25) is 4.79 Å². The van der Waals surface area contributed by atoms with Gasteiger partial charge in [-0.15, -0.1) is 0 Å². The lowest BCUT2D eigenvalue weighted by Crippen LogP contribution is -2.30. The molecule has 16 heavy (non-hydrogen) atoms. The van der Waals surface area contributed by atoms with E-state index in [1.165, 1.54) is 0 Å². The first kappa shape index (κ1) is 12.4. The van der Waals surface area contributed by atoms with Crippen LogP contribution in [0.15, 0.2) is 18.2 Å². The monoisotopic (exact) mass is 221 g/mol. The standard InChI is InChI=1S/C12H19N3O/c1-3-6-14-12(16)8-15-10-5-4-9(2)11(13)7-10/h4-5,7,15H,3,6,8,13H2,1-2H3,(H,14,16). The number of hydrogen-bond acceptors (Lipinski definition) is 3. The molecule has 1 aromatic carbocycles. The van der Waals surface area contributed by atoms with Crippen LogP contribution in [0.2, 0.25) is 0 Å². The van der Waals surface area contributed by atoms with Gasteiger partial charge in [-0.1, -0.05) is 13.0 Å². The Labute approximate surface area is 96.2 Å². The van der Waals surface area contributed by atoms with Crippen LogP contribution in [0.25, 0.3) is 0 Å². The van der Waals surface area contributed by atoms with E-state index in [4.69, 9.17) is 5.73 Å². The van der Waals surface area contributed by atoms with E-state index in [-0.39, 0.29) is 12.5 Å². The first-order valence-corrected chi connectivity index (χ1v) is 5.50. The zero-order valence-electron chi connectivity index (χ0n) is 9.84. The zero-order valence-corrected chi connectivity index (χ0v) is 9.84. The highest BCUT2D eigenvalue weighted by atomic mass is 16.1. The molecule has 0 aliphatic rings. The third-order valence-electron chi connectivity index (χ3n) is 2.30. The molecule has 0 radical (unpaired) electrons. The molecule has 1 aromatic rings. The normalized spacial score (nSPS) is 9.88. The average molecular weight is 221 g/mol. The van der Waals surface area contributed by atoms with E-state index in [0.29, 0.717) is 0 Å². The summed E-state index contributed by atoms with van der Waals surface area (Å²) in [7, 11) is 0. The fraction of sp³-hybridized carbons (Fsp3) is 0.417. The number of rotatable bonds is 5. The number of hydrogen-bond donors (Lipinski definition) is 3. The minimum atomic E-state index is 0.000923. The van der Waals surface area contributed by atoms with Crippen molar-refractivity contribution in [1.29, 1.82) is 0 Å². The van der Waals surface area contributed by atoms with Gasteiger partial charge in [0.05, 0.1) is 6.54 Å². The minimum Gasteiger partial charge on any atom is -0.398 e.